The van der Waals surface area contributed by atoms with Gasteiger partial charge >= 0.3 is 5.69 Å². The van der Waals surface area contributed by atoms with Gasteiger partial charge in [-0.15, -0.1) is 21.5 Å². The molecule has 0 spiro atoms. The minimum atomic E-state index is -0.758. The maximum Gasteiger partial charge on any atom is 0.329 e. The first-order valence-corrected chi connectivity index (χ1v) is 11.5. The average Bonchev–Trinajstić information content (AvgIpc) is 3.21. The summed E-state index contributed by atoms with van der Waals surface area (Å²) in [6.07, 6.45) is 2.09. The number of Topliss-reactive ketones (excluding diaryl/α,β-unsaturated/α-hetero) is 1. The number of thioether (sulfide) groups is 1. The lowest BCUT2D eigenvalue weighted by Crippen LogP contribution is -2.37. The first kappa shape index (κ1) is 20.6. The summed E-state index contributed by atoms with van der Waals surface area (Å²) in [5.74, 6) is 0.360. The summed E-state index contributed by atoms with van der Waals surface area (Å²) >= 11 is 2.81. The molecule has 1 aliphatic carbocycles. The van der Waals surface area contributed by atoms with Gasteiger partial charge in [-0.2, -0.15) is 0 Å². The Hall–Kier alpha value is -2.66. The molecule has 9 nitrogen and oxygen atoms in total. The fourth-order valence-corrected chi connectivity index (χ4v) is 4.80. The molecule has 0 aliphatic heterocycles. The molecule has 0 unspecified atom stereocenters. The lowest BCUT2D eigenvalue weighted by atomic mass is 10.2. The zero-order valence-corrected chi connectivity index (χ0v) is 18.3. The number of rotatable bonds is 8. The van der Waals surface area contributed by atoms with E-state index in [1.54, 1.807) is 11.3 Å². The van der Waals surface area contributed by atoms with Crippen molar-refractivity contribution in [2.45, 2.75) is 44.4 Å². The van der Waals surface area contributed by atoms with E-state index < -0.39 is 17.0 Å². The summed E-state index contributed by atoms with van der Waals surface area (Å²) in [5, 5.41) is 11.2. The fourth-order valence-electron chi connectivity index (χ4n) is 3.22. The Morgan fingerprint density at radius 3 is 2.77 bits per heavy atom. The number of H-pyrrole nitrogens is 1. The number of aromatic nitrogens is 5. The van der Waals surface area contributed by atoms with Gasteiger partial charge in [0.15, 0.2) is 16.8 Å². The largest absolute Gasteiger partial charge is 0.384 e. The first-order chi connectivity index (χ1) is 14.4. The van der Waals surface area contributed by atoms with Gasteiger partial charge in [-0.3, -0.25) is 23.7 Å². The van der Waals surface area contributed by atoms with E-state index in [2.05, 4.69) is 19.7 Å². The predicted octanol–water partition coefficient (Wildman–Crippen LogP) is 2.40. The number of carbonyl (C=O) groups is 1. The molecular weight excluding hydrogens is 424 g/mol. The van der Waals surface area contributed by atoms with E-state index in [0.717, 1.165) is 23.5 Å². The first-order valence-electron chi connectivity index (χ1n) is 9.64. The monoisotopic (exact) mass is 446 g/mol. The summed E-state index contributed by atoms with van der Waals surface area (Å²) in [7, 11) is 0. The fraction of sp³-hybridized carbons (Fsp3) is 0.421. The molecule has 0 atom stereocenters. The van der Waals surface area contributed by atoms with Gasteiger partial charge in [0.1, 0.15) is 11.4 Å². The van der Waals surface area contributed by atoms with Crippen LogP contribution in [-0.4, -0.2) is 35.9 Å². The average molecular weight is 447 g/mol. The highest BCUT2D eigenvalue weighted by atomic mass is 32.2. The second kappa shape index (κ2) is 8.23. The second-order valence-corrected chi connectivity index (χ2v) is 9.51. The van der Waals surface area contributed by atoms with Gasteiger partial charge in [0, 0.05) is 12.6 Å². The Balaban J connectivity index is 1.59. The Bertz CT molecular complexity index is 1190. The van der Waals surface area contributed by atoms with Crippen molar-refractivity contribution in [1.82, 2.24) is 24.3 Å². The number of anilines is 1. The molecule has 11 heteroatoms. The van der Waals surface area contributed by atoms with Crippen molar-refractivity contribution in [3.63, 3.8) is 0 Å². The molecule has 0 saturated heterocycles. The van der Waals surface area contributed by atoms with Gasteiger partial charge in [-0.25, -0.2) is 4.79 Å². The number of nitrogens with two attached hydrogens (primary N) is 1. The normalized spacial score (nSPS) is 13.8. The summed E-state index contributed by atoms with van der Waals surface area (Å²) in [4.78, 5) is 40.4. The molecule has 158 valence electrons. The van der Waals surface area contributed by atoms with E-state index in [0.29, 0.717) is 17.7 Å². The van der Waals surface area contributed by atoms with E-state index in [-0.39, 0.29) is 23.1 Å². The van der Waals surface area contributed by atoms with E-state index in [4.69, 9.17) is 5.73 Å². The Labute approximate surface area is 180 Å². The molecule has 3 N–H and O–H groups in total. The highest BCUT2D eigenvalue weighted by Crippen LogP contribution is 2.41. The number of nitrogens with one attached hydrogen (secondary N) is 1. The molecule has 3 aromatic rings. The van der Waals surface area contributed by atoms with E-state index in [9.17, 15) is 14.4 Å². The van der Waals surface area contributed by atoms with Crippen LogP contribution in [0.3, 0.4) is 0 Å². The van der Waals surface area contributed by atoms with Crippen LogP contribution in [0.1, 0.15) is 43.1 Å². The summed E-state index contributed by atoms with van der Waals surface area (Å²) < 4.78 is 3.31. The lowest BCUT2D eigenvalue weighted by Gasteiger charge is -2.13. The van der Waals surface area contributed by atoms with Crippen LogP contribution >= 0.6 is 23.1 Å². The van der Waals surface area contributed by atoms with Gasteiger partial charge < -0.3 is 5.73 Å². The maximum atomic E-state index is 12.8. The number of carbonyl (C=O) groups excluding carboxylic acids is 1. The maximum absolute atomic E-state index is 12.8. The molecular formula is C19H22N6O3S2. The molecule has 3 heterocycles. The Kier molecular flexibility index (Phi) is 5.65. The van der Waals surface area contributed by atoms with Crippen LogP contribution < -0.4 is 17.0 Å². The quantitative estimate of drug-likeness (QED) is 0.401. The van der Waals surface area contributed by atoms with Gasteiger partial charge in [-0.1, -0.05) is 31.7 Å². The van der Waals surface area contributed by atoms with Crippen molar-refractivity contribution in [2.75, 3.05) is 11.5 Å². The minimum absolute atomic E-state index is 0.0253. The van der Waals surface area contributed by atoms with Crippen LogP contribution in [0.2, 0.25) is 0 Å². The molecule has 0 radical (unpaired) electrons. The number of hydrogen-bond acceptors (Lipinski definition) is 8. The number of ketones is 1. The third-order valence-electron chi connectivity index (χ3n) is 4.72. The summed E-state index contributed by atoms with van der Waals surface area (Å²) in [6, 6.07) is 4.28. The van der Waals surface area contributed by atoms with Crippen molar-refractivity contribution in [3.05, 3.63) is 43.9 Å². The molecule has 1 fully saturated rings. The number of thiophene rings is 1. The standard InChI is InChI=1S/C19H22N6O3S2/c1-10(2)8-24-15(20)14(17(27)21-18(24)28)12(26)9-30-19-23-22-16(13-4-3-7-29-13)25(19)11-5-6-11/h3-4,7,10-11H,5-6,8-9,20H2,1-2H3,(H,21,27,28). The van der Waals surface area contributed by atoms with Crippen molar-refractivity contribution >= 4 is 34.7 Å². The smallest absolute Gasteiger partial charge is 0.329 e. The number of aromatic amines is 1. The van der Waals surface area contributed by atoms with Gasteiger partial charge in [0.05, 0.1) is 10.6 Å². The van der Waals surface area contributed by atoms with E-state index in [1.807, 2.05) is 31.4 Å². The van der Waals surface area contributed by atoms with E-state index in [1.165, 1.54) is 16.3 Å². The number of nitrogen functional groups attached to an aromatic ring is 1. The van der Waals surface area contributed by atoms with E-state index >= 15 is 0 Å². The third-order valence-corrected chi connectivity index (χ3v) is 6.53. The molecule has 0 aromatic carbocycles. The van der Waals surface area contributed by atoms with Crippen LogP contribution in [0.5, 0.6) is 0 Å². The molecule has 1 saturated carbocycles. The lowest BCUT2D eigenvalue weighted by molar-refractivity contribution is 0.102. The minimum Gasteiger partial charge on any atom is -0.384 e. The van der Waals surface area contributed by atoms with Crippen LogP contribution in [-0.2, 0) is 6.54 Å². The van der Waals surface area contributed by atoms with Crippen molar-refractivity contribution in [1.29, 1.82) is 0 Å². The molecule has 30 heavy (non-hydrogen) atoms. The Morgan fingerprint density at radius 1 is 1.37 bits per heavy atom. The Morgan fingerprint density at radius 2 is 2.13 bits per heavy atom. The van der Waals surface area contributed by atoms with Gasteiger partial charge in [-0.05, 0) is 30.2 Å². The summed E-state index contributed by atoms with van der Waals surface area (Å²) in [6.45, 7) is 4.16. The van der Waals surface area contributed by atoms with Crippen LogP contribution in [0.25, 0.3) is 10.7 Å². The molecule has 1 aliphatic rings. The zero-order valence-electron chi connectivity index (χ0n) is 16.6. The highest BCUT2D eigenvalue weighted by molar-refractivity contribution is 7.99. The topological polar surface area (TPSA) is 129 Å². The van der Waals surface area contributed by atoms with Gasteiger partial charge in [0.25, 0.3) is 5.56 Å². The van der Waals surface area contributed by atoms with Crippen molar-refractivity contribution in [2.24, 2.45) is 5.92 Å². The molecule has 0 bridgehead atoms. The second-order valence-electron chi connectivity index (χ2n) is 7.62. The van der Waals surface area contributed by atoms with Crippen LogP contribution in [0.15, 0.2) is 32.3 Å². The molecule has 0 amide bonds. The van der Waals surface area contributed by atoms with Crippen LogP contribution in [0.4, 0.5) is 5.82 Å². The highest BCUT2D eigenvalue weighted by Gasteiger charge is 2.31. The number of nitrogens with zero attached hydrogens (tertiary/aromatic N) is 4. The van der Waals surface area contributed by atoms with Crippen molar-refractivity contribution in [3.8, 4) is 10.7 Å². The van der Waals surface area contributed by atoms with Crippen molar-refractivity contribution < 1.29 is 4.79 Å². The summed E-state index contributed by atoms with van der Waals surface area (Å²) in [5.41, 5.74) is 4.49. The third kappa shape index (κ3) is 3.99. The van der Waals surface area contributed by atoms with Crippen LogP contribution in [0, 0.1) is 5.92 Å². The number of hydrogen-bond donors (Lipinski definition) is 2. The zero-order chi connectivity index (χ0) is 21.4. The predicted molar refractivity (Wildman–Crippen MR) is 117 cm³/mol. The van der Waals surface area contributed by atoms with Gasteiger partial charge in [0.2, 0.25) is 0 Å². The molecule has 4 rings (SSSR count). The molecule has 3 aromatic heterocycles. The SMILES string of the molecule is CC(C)Cn1c(N)c(C(=O)CSc2nnc(-c3cccs3)n2C2CC2)c(=O)[nH]c1=O.